The van der Waals surface area contributed by atoms with Gasteiger partial charge in [0.05, 0.1) is 5.75 Å². The number of hydrogen-bond acceptors (Lipinski definition) is 5. The van der Waals surface area contributed by atoms with Crippen LogP contribution in [0.4, 0.5) is 0 Å². The van der Waals surface area contributed by atoms with Crippen LogP contribution in [0.25, 0.3) is 0 Å². The van der Waals surface area contributed by atoms with Crippen molar-refractivity contribution < 1.29 is 12.8 Å². The molecule has 25 heavy (non-hydrogen) atoms. The summed E-state index contributed by atoms with van der Waals surface area (Å²) in [6, 6.07) is 15.9. The summed E-state index contributed by atoms with van der Waals surface area (Å²) in [6.45, 7) is 3.56. The lowest BCUT2D eigenvalue weighted by Gasteiger charge is -2.16. The van der Waals surface area contributed by atoms with Crippen molar-refractivity contribution in [2.75, 3.05) is 0 Å². The molecule has 3 rings (SSSR count). The topological polar surface area (TPSA) is 85.1 Å². The highest BCUT2D eigenvalue weighted by Crippen LogP contribution is 2.23. The highest BCUT2D eigenvalue weighted by Gasteiger charge is 2.26. The fraction of sp³-hybridized carbons (Fsp3) is 0.222. The Labute approximate surface area is 147 Å². The maximum absolute atomic E-state index is 12.7. The number of hydrogen-bond donors (Lipinski definition) is 1. The van der Waals surface area contributed by atoms with Gasteiger partial charge in [0.2, 0.25) is 21.8 Å². The average molecular weight is 357 g/mol. The van der Waals surface area contributed by atoms with Gasteiger partial charge in [-0.3, -0.25) is 0 Å². The molecule has 7 heteroatoms. The van der Waals surface area contributed by atoms with Crippen molar-refractivity contribution in [1.29, 1.82) is 0 Å². The molecule has 0 saturated heterocycles. The maximum Gasteiger partial charge on any atom is 0.238 e. The zero-order valence-corrected chi connectivity index (χ0v) is 14.8. The minimum atomic E-state index is -3.62. The van der Waals surface area contributed by atoms with Crippen molar-refractivity contribution in [2.24, 2.45) is 0 Å². The molecule has 0 amide bonds. The second-order valence-corrected chi connectivity index (χ2v) is 7.56. The molecule has 1 unspecified atom stereocenters. The van der Waals surface area contributed by atoms with Gasteiger partial charge in [-0.25, -0.2) is 8.42 Å². The highest BCUT2D eigenvalue weighted by molar-refractivity contribution is 7.88. The van der Waals surface area contributed by atoms with E-state index in [1.165, 1.54) is 0 Å². The zero-order valence-electron chi connectivity index (χ0n) is 14.0. The number of rotatable bonds is 6. The SMILES string of the molecule is Cc1nnc(C(NS(=O)(=O)Cc2ccccc2C)c2ccccc2)o1. The third kappa shape index (κ3) is 4.32. The van der Waals surface area contributed by atoms with Gasteiger partial charge in [-0.05, 0) is 23.6 Å². The first kappa shape index (κ1) is 17.3. The van der Waals surface area contributed by atoms with Crippen LogP contribution in [-0.4, -0.2) is 18.6 Å². The Morgan fingerprint density at radius 2 is 1.68 bits per heavy atom. The maximum atomic E-state index is 12.7. The molecule has 6 nitrogen and oxygen atoms in total. The lowest BCUT2D eigenvalue weighted by atomic mass is 10.1. The van der Waals surface area contributed by atoms with Gasteiger partial charge in [-0.1, -0.05) is 54.6 Å². The van der Waals surface area contributed by atoms with Gasteiger partial charge in [0, 0.05) is 6.92 Å². The first-order chi connectivity index (χ1) is 11.9. The molecule has 130 valence electrons. The van der Waals surface area contributed by atoms with Gasteiger partial charge in [-0.2, -0.15) is 4.72 Å². The lowest BCUT2D eigenvalue weighted by Crippen LogP contribution is -2.31. The number of nitrogens with one attached hydrogen (secondary N) is 1. The molecule has 0 aliphatic rings. The van der Waals surface area contributed by atoms with Crippen molar-refractivity contribution in [3.8, 4) is 0 Å². The first-order valence-electron chi connectivity index (χ1n) is 7.84. The molecule has 0 fully saturated rings. The molecule has 1 N–H and O–H groups in total. The van der Waals surface area contributed by atoms with Crippen LogP contribution in [0.1, 0.15) is 34.5 Å². The molecule has 0 radical (unpaired) electrons. The first-order valence-corrected chi connectivity index (χ1v) is 9.49. The molecule has 1 heterocycles. The predicted octanol–water partition coefficient (Wildman–Crippen LogP) is 2.90. The molecule has 1 aromatic heterocycles. The summed E-state index contributed by atoms with van der Waals surface area (Å²) in [5.74, 6) is 0.488. The molecule has 0 saturated carbocycles. The molecule has 0 aliphatic heterocycles. The lowest BCUT2D eigenvalue weighted by molar-refractivity contribution is 0.436. The summed E-state index contributed by atoms with van der Waals surface area (Å²) in [4.78, 5) is 0. The second kappa shape index (κ2) is 7.16. The van der Waals surface area contributed by atoms with E-state index >= 15 is 0 Å². The van der Waals surface area contributed by atoms with Gasteiger partial charge in [0.1, 0.15) is 6.04 Å². The Hall–Kier alpha value is -2.51. The number of aryl methyl sites for hydroxylation is 2. The van der Waals surface area contributed by atoms with Crippen LogP contribution in [0.3, 0.4) is 0 Å². The summed E-state index contributed by atoms with van der Waals surface area (Å²) in [5.41, 5.74) is 2.42. The fourth-order valence-electron chi connectivity index (χ4n) is 2.53. The number of sulfonamides is 1. The Balaban J connectivity index is 1.91. The van der Waals surface area contributed by atoms with Crippen LogP contribution in [0, 0.1) is 13.8 Å². The predicted molar refractivity (Wildman–Crippen MR) is 94.3 cm³/mol. The van der Waals surface area contributed by atoms with E-state index in [-0.39, 0.29) is 11.6 Å². The van der Waals surface area contributed by atoms with Gasteiger partial charge >= 0.3 is 0 Å². The molecule has 3 aromatic rings. The van der Waals surface area contributed by atoms with E-state index in [2.05, 4.69) is 14.9 Å². The van der Waals surface area contributed by atoms with Crippen LogP contribution in [0.5, 0.6) is 0 Å². The van der Waals surface area contributed by atoms with E-state index in [9.17, 15) is 8.42 Å². The molecule has 0 bridgehead atoms. The minimum Gasteiger partial charge on any atom is -0.423 e. The summed E-state index contributed by atoms with van der Waals surface area (Å²) < 4.78 is 33.6. The number of aromatic nitrogens is 2. The fourth-order valence-corrected chi connectivity index (χ4v) is 3.95. The Bertz CT molecular complexity index is 952. The smallest absolute Gasteiger partial charge is 0.238 e. The van der Waals surface area contributed by atoms with Gasteiger partial charge in [-0.15, -0.1) is 10.2 Å². The molecule has 0 aliphatic carbocycles. The second-order valence-electron chi connectivity index (χ2n) is 5.81. The van der Waals surface area contributed by atoms with E-state index in [1.54, 1.807) is 6.92 Å². The van der Waals surface area contributed by atoms with Crippen LogP contribution in [-0.2, 0) is 15.8 Å². The molecule has 2 aromatic carbocycles. The summed E-state index contributed by atoms with van der Waals surface area (Å²) >= 11 is 0. The van der Waals surface area contributed by atoms with E-state index in [1.807, 2.05) is 61.5 Å². The summed E-state index contributed by atoms with van der Waals surface area (Å²) in [6.07, 6.45) is 0. The normalized spacial score (nSPS) is 12.9. The van der Waals surface area contributed by atoms with Crippen molar-refractivity contribution >= 4 is 10.0 Å². The average Bonchev–Trinajstić information content (AvgIpc) is 3.02. The number of benzene rings is 2. The summed E-state index contributed by atoms with van der Waals surface area (Å²) in [7, 11) is -3.62. The summed E-state index contributed by atoms with van der Waals surface area (Å²) in [5, 5.41) is 7.80. The Kier molecular flexibility index (Phi) is 4.96. The third-order valence-electron chi connectivity index (χ3n) is 3.83. The van der Waals surface area contributed by atoms with Crippen molar-refractivity contribution in [3.63, 3.8) is 0 Å². The molecule has 0 spiro atoms. The van der Waals surface area contributed by atoms with Crippen molar-refractivity contribution in [3.05, 3.63) is 83.1 Å². The standard InChI is InChI=1S/C18H19N3O3S/c1-13-8-6-7-11-16(13)12-25(22,23)21-17(15-9-4-3-5-10-15)18-20-19-14(2)24-18/h3-11,17,21H,12H2,1-2H3. The van der Waals surface area contributed by atoms with Gasteiger partial charge in [0.25, 0.3) is 0 Å². The van der Waals surface area contributed by atoms with Gasteiger partial charge in [0.15, 0.2) is 0 Å². The quantitative estimate of drug-likeness (QED) is 0.733. The van der Waals surface area contributed by atoms with Gasteiger partial charge < -0.3 is 4.42 Å². The van der Waals surface area contributed by atoms with Crippen LogP contribution in [0.2, 0.25) is 0 Å². The molecular formula is C18H19N3O3S. The number of nitrogens with zero attached hydrogens (tertiary/aromatic N) is 2. The van der Waals surface area contributed by atoms with Crippen LogP contribution < -0.4 is 4.72 Å². The van der Waals surface area contributed by atoms with E-state index in [0.29, 0.717) is 5.89 Å². The minimum absolute atomic E-state index is 0.115. The zero-order chi connectivity index (χ0) is 17.9. The Morgan fingerprint density at radius 1 is 1.00 bits per heavy atom. The highest BCUT2D eigenvalue weighted by atomic mass is 32.2. The van der Waals surface area contributed by atoms with E-state index < -0.39 is 16.1 Å². The third-order valence-corrected chi connectivity index (χ3v) is 5.11. The van der Waals surface area contributed by atoms with Crippen LogP contribution in [0.15, 0.2) is 59.0 Å². The van der Waals surface area contributed by atoms with Crippen molar-refractivity contribution in [1.82, 2.24) is 14.9 Å². The van der Waals surface area contributed by atoms with E-state index in [0.717, 1.165) is 16.7 Å². The van der Waals surface area contributed by atoms with Crippen molar-refractivity contribution in [2.45, 2.75) is 25.6 Å². The van der Waals surface area contributed by atoms with Crippen LogP contribution >= 0.6 is 0 Å². The largest absolute Gasteiger partial charge is 0.423 e. The molecular weight excluding hydrogens is 338 g/mol. The molecule has 1 atom stereocenters. The monoisotopic (exact) mass is 357 g/mol. The van der Waals surface area contributed by atoms with E-state index in [4.69, 9.17) is 4.42 Å². The Morgan fingerprint density at radius 3 is 2.32 bits per heavy atom.